The number of carboxylic acid groups (broad SMARTS) is 2. The lowest BCUT2D eigenvalue weighted by Crippen LogP contribution is -2.68. The van der Waals surface area contributed by atoms with Crippen molar-refractivity contribution in [3.63, 3.8) is 0 Å². The molecule has 0 heterocycles. The van der Waals surface area contributed by atoms with Gasteiger partial charge in [-0.15, -0.1) is 0 Å². The molecule has 0 aromatic rings. The molecular weight excluding hydrogens is 574 g/mol. The van der Waals surface area contributed by atoms with Crippen molar-refractivity contribution in [1.29, 1.82) is 0 Å². The van der Waals surface area contributed by atoms with Gasteiger partial charge >= 0.3 is 11.9 Å². The molecule has 0 bridgehead atoms. The van der Waals surface area contributed by atoms with Crippen molar-refractivity contribution >= 4 is 17.8 Å². The second-order valence-corrected chi connectivity index (χ2v) is 14.1. The molecule has 0 aromatic carbocycles. The number of carbonyl (C=O) groups excluding carboxylic acids is 1. The van der Waals surface area contributed by atoms with Gasteiger partial charge in [-0.25, -0.2) is 9.59 Å². The van der Waals surface area contributed by atoms with Crippen LogP contribution in [0.25, 0.3) is 0 Å². The Hall–Kier alpha value is -1.59. The van der Waals surface area contributed by atoms with Crippen LogP contribution in [-0.4, -0.2) is 44.0 Å². The third kappa shape index (κ3) is 17.0. The molecule has 0 aliphatic carbocycles. The zero-order valence-electron chi connectivity index (χ0n) is 31.3. The van der Waals surface area contributed by atoms with Crippen LogP contribution in [-0.2, 0) is 14.4 Å². The summed E-state index contributed by atoms with van der Waals surface area (Å²) < 4.78 is 0. The van der Waals surface area contributed by atoms with Gasteiger partial charge < -0.3 is 15.1 Å². The second-order valence-electron chi connectivity index (χ2n) is 14.1. The van der Waals surface area contributed by atoms with Crippen LogP contribution in [0.4, 0.5) is 0 Å². The Labute approximate surface area is 285 Å². The summed E-state index contributed by atoms with van der Waals surface area (Å²) in [5, 5.41) is 21.7. The summed E-state index contributed by atoms with van der Waals surface area (Å²) in [4.78, 5) is 42.2. The molecular formula is C40H77NO5. The highest BCUT2D eigenvalue weighted by Gasteiger charge is 2.56. The molecule has 2 atom stereocenters. The summed E-state index contributed by atoms with van der Waals surface area (Å²) in [6.07, 6.45) is 28.7. The summed E-state index contributed by atoms with van der Waals surface area (Å²) in [5.41, 5.74) is -3.01. The molecule has 0 saturated heterocycles. The molecule has 46 heavy (non-hydrogen) atoms. The predicted octanol–water partition coefficient (Wildman–Crippen LogP) is 12.3. The first-order valence-electron chi connectivity index (χ1n) is 20.0. The second kappa shape index (κ2) is 28.4. The Morgan fingerprint density at radius 2 is 0.674 bits per heavy atom. The summed E-state index contributed by atoms with van der Waals surface area (Å²) in [5.74, 6) is -2.38. The molecule has 6 heteroatoms. The molecule has 0 aliphatic rings. The van der Waals surface area contributed by atoms with Crippen LogP contribution >= 0.6 is 0 Å². The smallest absolute Gasteiger partial charge is 0.329 e. The number of hydrogen-bond acceptors (Lipinski definition) is 3. The van der Waals surface area contributed by atoms with E-state index in [1.165, 1.54) is 88.4 Å². The van der Waals surface area contributed by atoms with Crippen molar-refractivity contribution < 1.29 is 24.6 Å². The first-order chi connectivity index (χ1) is 22.2. The van der Waals surface area contributed by atoms with E-state index in [0.717, 1.165) is 57.8 Å². The lowest BCUT2D eigenvalue weighted by molar-refractivity contribution is -0.180. The van der Waals surface area contributed by atoms with Crippen molar-refractivity contribution in [3.05, 3.63) is 0 Å². The van der Waals surface area contributed by atoms with E-state index in [9.17, 15) is 24.6 Å². The highest BCUT2D eigenvalue weighted by molar-refractivity contribution is 5.93. The maximum Gasteiger partial charge on any atom is 0.329 e. The van der Waals surface area contributed by atoms with E-state index >= 15 is 0 Å². The fraction of sp³-hybridized carbons (Fsp3) is 0.925. The van der Waals surface area contributed by atoms with Gasteiger partial charge in [0, 0.05) is 6.42 Å². The predicted molar refractivity (Wildman–Crippen MR) is 194 cm³/mol. The fourth-order valence-corrected chi connectivity index (χ4v) is 7.29. The van der Waals surface area contributed by atoms with Crippen molar-refractivity contribution in [2.75, 3.05) is 0 Å². The standard InChI is InChI=1S/C40H77NO5/c1-6-11-14-17-20-23-24-27-30-33-36(42)41(39(9-4,37(43)44)34-31-28-25-21-18-15-12-7-2)40(10-5,38(45)46)35-32-29-26-22-19-16-13-8-3/h6-35H2,1-5H3,(H,43,44)(H,45,46). The van der Waals surface area contributed by atoms with Gasteiger partial charge in [0.15, 0.2) is 0 Å². The zero-order chi connectivity index (χ0) is 34.5. The quantitative estimate of drug-likeness (QED) is 0.0675. The van der Waals surface area contributed by atoms with Crippen LogP contribution in [0.3, 0.4) is 0 Å². The molecule has 0 spiro atoms. The van der Waals surface area contributed by atoms with Crippen molar-refractivity contribution in [3.8, 4) is 0 Å². The minimum atomic E-state index is -1.51. The van der Waals surface area contributed by atoms with E-state index in [0.29, 0.717) is 32.1 Å². The molecule has 2 N–H and O–H groups in total. The highest BCUT2D eigenvalue weighted by Crippen LogP contribution is 2.40. The van der Waals surface area contributed by atoms with E-state index < -0.39 is 23.0 Å². The number of amides is 1. The Morgan fingerprint density at radius 3 is 0.935 bits per heavy atom. The molecule has 0 saturated carbocycles. The minimum Gasteiger partial charge on any atom is -0.479 e. The average molecular weight is 652 g/mol. The maximum atomic E-state index is 14.2. The number of carboxylic acids is 2. The van der Waals surface area contributed by atoms with Gasteiger partial charge in [-0.1, -0.05) is 189 Å². The summed E-state index contributed by atoms with van der Waals surface area (Å²) >= 11 is 0. The van der Waals surface area contributed by atoms with Crippen molar-refractivity contribution in [2.24, 2.45) is 0 Å². The lowest BCUT2D eigenvalue weighted by atomic mass is 9.78. The van der Waals surface area contributed by atoms with E-state index in [-0.39, 0.29) is 25.2 Å². The average Bonchev–Trinajstić information content (AvgIpc) is 3.04. The normalized spacial score (nSPS) is 14.1. The van der Waals surface area contributed by atoms with Gasteiger partial charge in [0.2, 0.25) is 5.91 Å². The van der Waals surface area contributed by atoms with Crippen molar-refractivity contribution in [2.45, 2.75) is 238 Å². The van der Waals surface area contributed by atoms with Gasteiger partial charge in [-0.05, 0) is 32.1 Å². The zero-order valence-corrected chi connectivity index (χ0v) is 31.3. The van der Waals surface area contributed by atoms with Gasteiger partial charge in [-0.3, -0.25) is 4.79 Å². The van der Waals surface area contributed by atoms with E-state index in [4.69, 9.17) is 0 Å². The Balaban J connectivity index is 5.86. The fourth-order valence-electron chi connectivity index (χ4n) is 7.29. The topological polar surface area (TPSA) is 94.9 Å². The van der Waals surface area contributed by atoms with Crippen LogP contribution in [0, 0.1) is 0 Å². The monoisotopic (exact) mass is 652 g/mol. The van der Waals surface area contributed by atoms with Gasteiger partial charge in [0.1, 0.15) is 11.1 Å². The SMILES string of the molecule is CCCCCCCCCCCC(=O)N(C(CC)(CCCCCCCCCC)C(=O)O)C(CC)(CCCCCCCCCC)C(=O)O. The van der Waals surface area contributed by atoms with E-state index in [1.807, 2.05) is 13.8 Å². The summed E-state index contributed by atoms with van der Waals surface area (Å²) in [6.45, 7) is 10.3. The molecule has 0 rings (SSSR count). The van der Waals surface area contributed by atoms with Crippen LogP contribution in [0.1, 0.15) is 227 Å². The number of rotatable bonds is 34. The molecule has 0 aliphatic heterocycles. The maximum absolute atomic E-state index is 14.2. The van der Waals surface area contributed by atoms with Crippen LogP contribution in [0.15, 0.2) is 0 Å². The summed E-state index contributed by atoms with van der Waals surface area (Å²) in [6, 6.07) is 0. The number of unbranched alkanes of at least 4 members (excludes halogenated alkanes) is 22. The number of nitrogens with zero attached hydrogens (tertiary/aromatic N) is 1. The largest absolute Gasteiger partial charge is 0.479 e. The van der Waals surface area contributed by atoms with Gasteiger partial charge in [0.05, 0.1) is 0 Å². The molecule has 2 unspecified atom stereocenters. The number of carbonyl (C=O) groups is 3. The van der Waals surface area contributed by atoms with Gasteiger partial charge in [0.25, 0.3) is 0 Å². The molecule has 272 valence electrons. The van der Waals surface area contributed by atoms with Crippen LogP contribution in [0.2, 0.25) is 0 Å². The Morgan fingerprint density at radius 1 is 0.413 bits per heavy atom. The first-order valence-corrected chi connectivity index (χ1v) is 20.0. The molecule has 0 fully saturated rings. The first kappa shape index (κ1) is 44.4. The highest BCUT2D eigenvalue weighted by atomic mass is 16.4. The molecule has 0 aromatic heterocycles. The minimum absolute atomic E-state index is 0.217. The number of aliphatic carboxylic acids is 2. The number of hydrogen-bond donors (Lipinski definition) is 2. The molecule has 0 radical (unpaired) electrons. The molecule has 6 nitrogen and oxygen atoms in total. The van der Waals surface area contributed by atoms with Gasteiger partial charge in [-0.2, -0.15) is 0 Å². The van der Waals surface area contributed by atoms with Crippen LogP contribution < -0.4 is 0 Å². The van der Waals surface area contributed by atoms with E-state index in [2.05, 4.69) is 20.8 Å². The Kier molecular flexibility index (Phi) is 27.4. The third-order valence-corrected chi connectivity index (χ3v) is 10.5. The summed E-state index contributed by atoms with van der Waals surface area (Å²) in [7, 11) is 0. The van der Waals surface area contributed by atoms with E-state index in [1.54, 1.807) is 0 Å². The van der Waals surface area contributed by atoms with Crippen LogP contribution in [0.5, 0.6) is 0 Å². The van der Waals surface area contributed by atoms with Crippen molar-refractivity contribution in [1.82, 2.24) is 4.90 Å². The third-order valence-electron chi connectivity index (χ3n) is 10.5. The Bertz CT molecular complexity index is 725. The molecule has 1 amide bonds. The lowest BCUT2D eigenvalue weighted by Gasteiger charge is -2.50.